The van der Waals surface area contributed by atoms with Crippen LogP contribution in [0.15, 0.2) is 48.8 Å². The zero-order chi connectivity index (χ0) is 19.7. The van der Waals surface area contributed by atoms with Crippen LogP contribution in [0.25, 0.3) is 5.65 Å². The van der Waals surface area contributed by atoms with E-state index in [9.17, 15) is 9.18 Å². The predicted octanol–water partition coefficient (Wildman–Crippen LogP) is 4.07. The SMILES string of the molecule is Cc1ccn2cc(CNC(=O)c3sc(Cc4ccc(F)cc4)nc3C)nc2c1. The summed E-state index contributed by atoms with van der Waals surface area (Å²) in [5, 5.41) is 3.75. The summed E-state index contributed by atoms with van der Waals surface area (Å²) in [6.07, 6.45) is 4.44. The van der Waals surface area contributed by atoms with E-state index in [1.807, 2.05) is 42.8 Å². The lowest BCUT2D eigenvalue weighted by atomic mass is 10.1. The Labute approximate surface area is 165 Å². The highest BCUT2D eigenvalue weighted by Crippen LogP contribution is 2.21. The minimum atomic E-state index is -0.263. The number of rotatable bonds is 5. The molecule has 5 nitrogen and oxygen atoms in total. The van der Waals surface area contributed by atoms with Crippen molar-refractivity contribution < 1.29 is 9.18 Å². The molecule has 3 heterocycles. The first-order chi connectivity index (χ1) is 13.5. The van der Waals surface area contributed by atoms with E-state index in [-0.39, 0.29) is 11.7 Å². The Morgan fingerprint density at radius 3 is 2.75 bits per heavy atom. The van der Waals surface area contributed by atoms with E-state index < -0.39 is 0 Å². The van der Waals surface area contributed by atoms with Gasteiger partial charge in [0, 0.05) is 18.8 Å². The predicted molar refractivity (Wildman–Crippen MR) is 107 cm³/mol. The molecule has 4 rings (SSSR count). The van der Waals surface area contributed by atoms with Gasteiger partial charge in [0.2, 0.25) is 0 Å². The Kier molecular flexibility index (Phi) is 4.92. The van der Waals surface area contributed by atoms with E-state index in [2.05, 4.69) is 15.3 Å². The second kappa shape index (κ2) is 7.52. The van der Waals surface area contributed by atoms with Crippen molar-refractivity contribution in [1.82, 2.24) is 19.7 Å². The molecule has 1 N–H and O–H groups in total. The molecule has 0 spiro atoms. The highest BCUT2D eigenvalue weighted by molar-refractivity contribution is 7.13. The standard InChI is InChI=1S/C21H19FN4OS/c1-13-7-8-26-12-17(25-18(26)9-13)11-23-21(27)20-14(2)24-19(28-20)10-15-3-5-16(22)6-4-15/h3-9,12H,10-11H2,1-2H3,(H,23,27). The summed E-state index contributed by atoms with van der Waals surface area (Å²) in [4.78, 5) is 22.2. The number of imidazole rings is 1. The van der Waals surface area contributed by atoms with Gasteiger partial charge in [-0.1, -0.05) is 12.1 Å². The maximum atomic E-state index is 13.0. The van der Waals surface area contributed by atoms with E-state index in [4.69, 9.17) is 0 Å². The van der Waals surface area contributed by atoms with Gasteiger partial charge in [0.25, 0.3) is 5.91 Å². The molecule has 4 aromatic rings. The molecular weight excluding hydrogens is 375 g/mol. The van der Waals surface area contributed by atoms with Crippen LogP contribution >= 0.6 is 11.3 Å². The first-order valence-electron chi connectivity index (χ1n) is 8.91. The number of halogens is 1. The van der Waals surface area contributed by atoms with Crippen molar-refractivity contribution in [2.75, 3.05) is 0 Å². The Morgan fingerprint density at radius 2 is 1.96 bits per heavy atom. The van der Waals surface area contributed by atoms with Gasteiger partial charge in [-0.25, -0.2) is 14.4 Å². The summed E-state index contributed by atoms with van der Waals surface area (Å²) in [6.45, 7) is 4.20. The first-order valence-corrected chi connectivity index (χ1v) is 9.73. The number of nitrogens with one attached hydrogen (secondary N) is 1. The second-order valence-electron chi connectivity index (χ2n) is 6.71. The fourth-order valence-corrected chi connectivity index (χ4v) is 4.00. The molecule has 0 atom stereocenters. The van der Waals surface area contributed by atoms with E-state index in [0.717, 1.165) is 27.5 Å². The molecule has 0 saturated heterocycles. The summed E-state index contributed by atoms with van der Waals surface area (Å²) in [5.74, 6) is -0.421. The minimum Gasteiger partial charge on any atom is -0.346 e. The van der Waals surface area contributed by atoms with Gasteiger partial charge in [-0.2, -0.15) is 0 Å². The molecular formula is C21H19FN4OS. The number of pyridine rings is 1. The number of thiazole rings is 1. The van der Waals surface area contributed by atoms with Crippen molar-refractivity contribution in [3.05, 3.63) is 87.0 Å². The highest BCUT2D eigenvalue weighted by Gasteiger charge is 2.16. The topological polar surface area (TPSA) is 59.3 Å². The fraction of sp³-hybridized carbons (Fsp3) is 0.190. The molecule has 1 amide bonds. The molecule has 0 radical (unpaired) electrons. The highest BCUT2D eigenvalue weighted by atomic mass is 32.1. The molecule has 3 aromatic heterocycles. The second-order valence-corrected chi connectivity index (χ2v) is 7.79. The molecule has 0 saturated carbocycles. The van der Waals surface area contributed by atoms with Crippen LogP contribution in [0.1, 0.15) is 37.2 Å². The summed E-state index contributed by atoms with van der Waals surface area (Å²) in [6, 6.07) is 10.3. The van der Waals surface area contributed by atoms with Gasteiger partial charge < -0.3 is 9.72 Å². The third-order valence-corrected chi connectivity index (χ3v) is 5.57. The summed E-state index contributed by atoms with van der Waals surface area (Å²) >= 11 is 1.37. The van der Waals surface area contributed by atoms with E-state index >= 15 is 0 Å². The molecule has 28 heavy (non-hydrogen) atoms. The number of fused-ring (bicyclic) bond motifs is 1. The van der Waals surface area contributed by atoms with Crippen molar-refractivity contribution in [3.63, 3.8) is 0 Å². The van der Waals surface area contributed by atoms with Crippen molar-refractivity contribution in [2.45, 2.75) is 26.8 Å². The number of hydrogen-bond donors (Lipinski definition) is 1. The van der Waals surface area contributed by atoms with Crippen LogP contribution in [-0.4, -0.2) is 20.3 Å². The minimum absolute atomic E-state index is 0.159. The van der Waals surface area contributed by atoms with Gasteiger partial charge >= 0.3 is 0 Å². The normalized spacial score (nSPS) is 11.1. The molecule has 0 aliphatic heterocycles. The lowest BCUT2D eigenvalue weighted by molar-refractivity contribution is 0.0953. The number of hydrogen-bond acceptors (Lipinski definition) is 4. The molecule has 0 aliphatic carbocycles. The maximum absolute atomic E-state index is 13.0. The summed E-state index contributed by atoms with van der Waals surface area (Å²) in [5.41, 5.74) is 4.46. The van der Waals surface area contributed by atoms with Crippen LogP contribution in [-0.2, 0) is 13.0 Å². The zero-order valence-corrected chi connectivity index (χ0v) is 16.4. The number of nitrogens with zero attached hydrogens (tertiary/aromatic N) is 3. The number of aryl methyl sites for hydroxylation is 2. The lowest BCUT2D eigenvalue weighted by Gasteiger charge is -2.01. The van der Waals surface area contributed by atoms with Gasteiger partial charge in [0.1, 0.15) is 16.3 Å². The van der Waals surface area contributed by atoms with Crippen LogP contribution in [0, 0.1) is 19.7 Å². The number of benzene rings is 1. The number of carbonyl (C=O) groups is 1. The molecule has 1 aromatic carbocycles. The third kappa shape index (κ3) is 3.94. The van der Waals surface area contributed by atoms with Crippen molar-refractivity contribution in [2.24, 2.45) is 0 Å². The van der Waals surface area contributed by atoms with Crippen LogP contribution in [0.2, 0.25) is 0 Å². The third-order valence-electron chi connectivity index (χ3n) is 4.41. The monoisotopic (exact) mass is 394 g/mol. The molecule has 7 heteroatoms. The lowest BCUT2D eigenvalue weighted by Crippen LogP contribution is -2.22. The molecule has 0 bridgehead atoms. The average Bonchev–Trinajstić information content (AvgIpc) is 3.24. The number of amides is 1. The van der Waals surface area contributed by atoms with Crippen molar-refractivity contribution >= 4 is 22.9 Å². The first kappa shape index (κ1) is 18.3. The van der Waals surface area contributed by atoms with Gasteiger partial charge in [0.05, 0.1) is 22.9 Å². The summed E-state index contributed by atoms with van der Waals surface area (Å²) < 4.78 is 15.0. The van der Waals surface area contributed by atoms with Crippen molar-refractivity contribution in [1.29, 1.82) is 0 Å². The quantitative estimate of drug-likeness (QED) is 0.555. The van der Waals surface area contributed by atoms with Gasteiger partial charge in [0.15, 0.2) is 0 Å². The Morgan fingerprint density at radius 1 is 1.18 bits per heavy atom. The van der Waals surface area contributed by atoms with E-state index in [1.54, 1.807) is 12.1 Å². The Balaban J connectivity index is 1.44. The number of carbonyl (C=O) groups excluding carboxylic acids is 1. The summed E-state index contributed by atoms with van der Waals surface area (Å²) in [7, 11) is 0. The smallest absolute Gasteiger partial charge is 0.263 e. The van der Waals surface area contributed by atoms with Crippen molar-refractivity contribution in [3.8, 4) is 0 Å². The Bertz CT molecular complexity index is 1150. The molecule has 142 valence electrons. The van der Waals surface area contributed by atoms with E-state index in [0.29, 0.717) is 23.5 Å². The van der Waals surface area contributed by atoms with E-state index in [1.165, 1.54) is 23.5 Å². The Hall–Kier alpha value is -3.06. The van der Waals surface area contributed by atoms with Gasteiger partial charge in [-0.15, -0.1) is 11.3 Å². The molecule has 0 fully saturated rings. The fourth-order valence-electron chi connectivity index (χ4n) is 2.99. The average molecular weight is 394 g/mol. The van der Waals surface area contributed by atoms with Crippen LogP contribution in [0.4, 0.5) is 4.39 Å². The molecule has 0 aliphatic rings. The molecule has 0 unspecified atom stereocenters. The van der Waals surface area contributed by atoms with Crippen LogP contribution < -0.4 is 5.32 Å². The number of aromatic nitrogens is 3. The van der Waals surface area contributed by atoms with Crippen LogP contribution in [0.5, 0.6) is 0 Å². The maximum Gasteiger partial charge on any atom is 0.263 e. The largest absolute Gasteiger partial charge is 0.346 e. The zero-order valence-electron chi connectivity index (χ0n) is 15.6. The van der Waals surface area contributed by atoms with Crippen LogP contribution in [0.3, 0.4) is 0 Å². The van der Waals surface area contributed by atoms with Gasteiger partial charge in [-0.05, 0) is 49.2 Å². The van der Waals surface area contributed by atoms with Gasteiger partial charge in [-0.3, -0.25) is 4.79 Å².